The Hall–Kier alpha value is -1.22. The number of hydrogen-bond donors (Lipinski definition) is 1. The number of benzene rings is 1. The van der Waals surface area contributed by atoms with Gasteiger partial charge in [-0.05, 0) is 49.4 Å². The average Bonchev–Trinajstić information content (AvgIpc) is 2.46. The van der Waals surface area contributed by atoms with Gasteiger partial charge in [-0.15, -0.1) is 0 Å². The lowest BCUT2D eigenvalue weighted by Gasteiger charge is -2.30. The van der Waals surface area contributed by atoms with Gasteiger partial charge in [-0.3, -0.25) is 0 Å². The lowest BCUT2D eigenvalue weighted by molar-refractivity contribution is 0.169. The number of hydrogen-bond acceptors (Lipinski definition) is 3. The summed E-state index contributed by atoms with van der Waals surface area (Å²) in [4.78, 5) is 0. The Labute approximate surface area is 115 Å². The summed E-state index contributed by atoms with van der Waals surface area (Å²) in [5.74, 6) is 3.06. The third-order valence-corrected chi connectivity index (χ3v) is 4.14. The minimum Gasteiger partial charge on any atom is -0.486 e. The van der Waals surface area contributed by atoms with Gasteiger partial charge in [0, 0.05) is 5.56 Å². The third-order valence-electron chi connectivity index (χ3n) is 4.14. The highest BCUT2D eigenvalue weighted by Crippen LogP contribution is 2.43. The molecular formula is C16H23NO2. The van der Waals surface area contributed by atoms with E-state index in [2.05, 4.69) is 31.3 Å². The van der Waals surface area contributed by atoms with Gasteiger partial charge in [0.15, 0.2) is 11.5 Å². The highest BCUT2D eigenvalue weighted by molar-refractivity contribution is 5.54. The maximum Gasteiger partial charge on any atom is 0.165 e. The molecule has 3 rings (SSSR count). The van der Waals surface area contributed by atoms with Gasteiger partial charge < -0.3 is 14.8 Å². The molecule has 0 unspecified atom stereocenters. The van der Waals surface area contributed by atoms with Crippen molar-refractivity contribution in [2.24, 2.45) is 0 Å². The van der Waals surface area contributed by atoms with Crippen molar-refractivity contribution in [3.05, 3.63) is 23.3 Å². The fraction of sp³-hybridized carbons (Fsp3) is 0.625. The van der Waals surface area contributed by atoms with Crippen LogP contribution in [-0.4, -0.2) is 26.3 Å². The Bertz CT molecular complexity index is 450. The highest BCUT2D eigenvalue weighted by Gasteiger charge is 2.26. The lowest BCUT2D eigenvalue weighted by atomic mass is 9.83. The Balaban J connectivity index is 2.03. The second kappa shape index (κ2) is 5.41. The van der Waals surface area contributed by atoms with E-state index in [4.69, 9.17) is 9.47 Å². The Morgan fingerprint density at radius 3 is 2.58 bits per heavy atom. The monoisotopic (exact) mass is 261 g/mol. The predicted molar refractivity (Wildman–Crippen MR) is 76.4 cm³/mol. The molecule has 2 heterocycles. The average molecular weight is 261 g/mol. The first-order valence-electron chi connectivity index (χ1n) is 7.40. The SMILES string of the molecule is CC(C)c1c(C2CCNCC2)ccc2c1OCCO2. The van der Waals surface area contributed by atoms with E-state index in [9.17, 15) is 0 Å². The minimum absolute atomic E-state index is 0.474. The largest absolute Gasteiger partial charge is 0.486 e. The maximum absolute atomic E-state index is 5.91. The first-order valence-corrected chi connectivity index (χ1v) is 7.40. The summed E-state index contributed by atoms with van der Waals surface area (Å²) in [6, 6.07) is 4.36. The Morgan fingerprint density at radius 2 is 1.84 bits per heavy atom. The number of ether oxygens (including phenoxy) is 2. The first kappa shape index (κ1) is 12.8. The Morgan fingerprint density at radius 1 is 1.11 bits per heavy atom. The van der Waals surface area contributed by atoms with Gasteiger partial charge in [-0.25, -0.2) is 0 Å². The van der Waals surface area contributed by atoms with Crippen molar-refractivity contribution in [3.8, 4) is 11.5 Å². The van der Waals surface area contributed by atoms with Crippen LogP contribution >= 0.6 is 0 Å². The summed E-state index contributed by atoms with van der Waals surface area (Å²) >= 11 is 0. The molecule has 1 N–H and O–H groups in total. The molecule has 3 nitrogen and oxygen atoms in total. The first-order chi connectivity index (χ1) is 9.27. The fourth-order valence-electron chi connectivity index (χ4n) is 3.24. The van der Waals surface area contributed by atoms with E-state index in [1.165, 1.54) is 24.0 Å². The van der Waals surface area contributed by atoms with Crippen LogP contribution < -0.4 is 14.8 Å². The van der Waals surface area contributed by atoms with Gasteiger partial charge in [-0.2, -0.15) is 0 Å². The van der Waals surface area contributed by atoms with E-state index >= 15 is 0 Å². The number of piperidine rings is 1. The molecule has 0 saturated carbocycles. The van der Waals surface area contributed by atoms with Gasteiger partial charge in [0.1, 0.15) is 13.2 Å². The Kier molecular flexibility index (Phi) is 3.65. The molecule has 2 aliphatic rings. The molecule has 0 amide bonds. The van der Waals surface area contributed by atoms with Gasteiger partial charge >= 0.3 is 0 Å². The van der Waals surface area contributed by atoms with Crippen molar-refractivity contribution in [2.75, 3.05) is 26.3 Å². The van der Waals surface area contributed by atoms with E-state index in [0.717, 1.165) is 24.6 Å². The van der Waals surface area contributed by atoms with E-state index in [1.54, 1.807) is 0 Å². The maximum atomic E-state index is 5.91. The molecule has 0 spiro atoms. The molecule has 1 fully saturated rings. The molecule has 2 aliphatic heterocycles. The highest BCUT2D eigenvalue weighted by atomic mass is 16.6. The van der Waals surface area contributed by atoms with Gasteiger partial charge in [-0.1, -0.05) is 19.9 Å². The predicted octanol–water partition coefficient (Wildman–Crippen LogP) is 3.05. The van der Waals surface area contributed by atoms with E-state index < -0.39 is 0 Å². The van der Waals surface area contributed by atoms with Crippen LogP contribution in [0.2, 0.25) is 0 Å². The number of nitrogens with one attached hydrogen (secondary N) is 1. The summed E-state index contributed by atoms with van der Waals surface area (Å²) in [5, 5.41) is 3.44. The summed E-state index contributed by atoms with van der Waals surface area (Å²) < 4.78 is 11.6. The second-order valence-electron chi connectivity index (χ2n) is 5.77. The van der Waals surface area contributed by atoms with Crippen molar-refractivity contribution in [3.63, 3.8) is 0 Å². The molecule has 1 aromatic rings. The molecule has 0 aromatic heterocycles. The summed E-state index contributed by atoms with van der Waals surface area (Å²) in [6.45, 7) is 8.07. The van der Waals surface area contributed by atoms with Crippen molar-refractivity contribution >= 4 is 0 Å². The van der Waals surface area contributed by atoms with Crippen LogP contribution in [0.5, 0.6) is 11.5 Å². The van der Waals surface area contributed by atoms with Gasteiger partial charge in [0.25, 0.3) is 0 Å². The summed E-state index contributed by atoms with van der Waals surface area (Å²) in [6.07, 6.45) is 2.44. The zero-order valence-corrected chi connectivity index (χ0v) is 11.9. The quantitative estimate of drug-likeness (QED) is 0.887. The molecular weight excluding hydrogens is 238 g/mol. The van der Waals surface area contributed by atoms with Crippen molar-refractivity contribution < 1.29 is 9.47 Å². The molecule has 3 heteroatoms. The van der Waals surface area contributed by atoms with E-state index in [0.29, 0.717) is 25.0 Å². The van der Waals surface area contributed by atoms with E-state index in [-0.39, 0.29) is 0 Å². The molecule has 0 atom stereocenters. The summed E-state index contributed by atoms with van der Waals surface area (Å²) in [5.41, 5.74) is 2.84. The van der Waals surface area contributed by atoms with Crippen LogP contribution in [0.1, 0.15) is 49.7 Å². The molecule has 104 valence electrons. The normalized spacial score (nSPS) is 19.7. The van der Waals surface area contributed by atoms with Crippen molar-refractivity contribution in [1.29, 1.82) is 0 Å². The van der Waals surface area contributed by atoms with Crippen molar-refractivity contribution in [2.45, 2.75) is 38.5 Å². The van der Waals surface area contributed by atoms with Crippen LogP contribution in [0.4, 0.5) is 0 Å². The standard InChI is InChI=1S/C16H23NO2/c1-11(2)15-13(12-5-7-17-8-6-12)3-4-14-16(15)19-10-9-18-14/h3-4,11-12,17H,5-10H2,1-2H3. The van der Waals surface area contributed by atoms with Crippen LogP contribution in [0.25, 0.3) is 0 Å². The molecule has 0 aliphatic carbocycles. The van der Waals surface area contributed by atoms with Crippen LogP contribution in [0.3, 0.4) is 0 Å². The second-order valence-corrected chi connectivity index (χ2v) is 5.77. The zero-order valence-electron chi connectivity index (χ0n) is 11.9. The molecule has 0 bridgehead atoms. The van der Waals surface area contributed by atoms with Crippen molar-refractivity contribution in [1.82, 2.24) is 5.32 Å². The van der Waals surface area contributed by atoms with Crippen LogP contribution in [0.15, 0.2) is 12.1 Å². The number of rotatable bonds is 2. The van der Waals surface area contributed by atoms with Crippen LogP contribution in [0, 0.1) is 0 Å². The topological polar surface area (TPSA) is 30.5 Å². The lowest BCUT2D eigenvalue weighted by Crippen LogP contribution is -2.27. The molecule has 1 saturated heterocycles. The minimum atomic E-state index is 0.474. The third kappa shape index (κ3) is 2.44. The molecule has 1 aromatic carbocycles. The molecule has 0 radical (unpaired) electrons. The number of fused-ring (bicyclic) bond motifs is 1. The van der Waals surface area contributed by atoms with Gasteiger partial charge in [0.2, 0.25) is 0 Å². The van der Waals surface area contributed by atoms with E-state index in [1.807, 2.05) is 0 Å². The summed E-state index contributed by atoms with van der Waals surface area (Å²) in [7, 11) is 0. The smallest absolute Gasteiger partial charge is 0.165 e. The van der Waals surface area contributed by atoms with Gasteiger partial charge in [0.05, 0.1) is 0 Å². The molecule has 19 heavy (non-hydrogen) atoms. The van der Waals surface area contributed by atoms with Crippen LogP contribution in [-0.2, 0) is 0 Å². The fourth-order valence-corrected chi connectivity index (χ4v) is 3.24. The zero-order chi connectivity index (χ0) is 13.2.